The second kappa shape index (κ2) is 9.58. The molecular weight excluding hydrogens is 332 g/mol. The first-order chi connectivity index (χ1) is 11.7. The van der Waals surface area contributed by atoms with Gasteiger partial charge in [0.25, 0.3) is 0 Å². The number of carbonyl (C=O) groups excluding carboxylic acids is 1. The minimum atomic E-state index is -1.91. The zero-order chi connectivity index (χ0) is 19.2. The molecule has 25 heavy (non-hydrogen) atoms. The van der Waals surface area contributed by atoms with Crippen LogP contribution in [0.2, 0.25) is 16.6 Å². The van der Waals surface area contributed by atoms with E-state index < -0.39 is 8.32 Å². The van der Waals surface area contributed by atoms with E-state index in [9.17, 15) is 4.79 Å². The first-order valence-electron chi connectivity index (χ1n) is 9.38. The molecule has 0 aromatic heterocycles. The van der Waals surface area contributed by atoms with E-state index in [-0.39, 0.29) is 11.9 Å². The average molecular weight is 369 g/mol. The molecule has 5 heteroatoms. The molecule has 0 saturated heterocycles. The first-order valence-corrected chi connectivity index (χ1v) is 11.5. The lowest BCUT2D eigenvalue weighted by Crippen LogP contribution is -2.48. The highest BCUT2D eigenvalue weighted by molar-refractivity contribution is 6.77. The van der Waals surface area contributed by atoms with E-state index in [4.69, 9.17) is 13.9 Å². The molecule has 0 bridgehead atoms. The van der Waals surface area contributed by atoms with Crippen molar-refractivity contribution in [3.63, 3.8) is 0 Å². The van der Waals surface area contributed by atoms with Crippen molar-refractivity contribution >= 4 is 14.3 Å². The van der Waals surface area contributed by atoms with Gasteiger partial charge in [-0.3, -0.25) is 0 Å². The van der Waals surface area contributed by atoms with Crippen molar-refractivity contribution in [2.45, 2.75) is 71.0 Å². The van der Waals surface area contributed by atoms with Gasteiger partial charge in [0.2, 0.25) is 0 Å². The number of ether oxygens (including phenoxy) is 2. The number of methoxy groups -OCH3 is 1. The minimum Gasteiger partial charge on any atom is -0.497 e. The van der Waals surface area contributed by atoms with Gasteiger partial charge in [-0.1, -0.05) is 48.1 Å². The Balaban J connectivity index is 3.01. The maximum Gasteiger partial charge on any atom is 0.333 e. The van der Waals surface area contributed by atoms with Gasteiger partial charge in [0.15, 0.2) is 8.32 Å². The second-order valence-corrected chi connectivity index (χ2v) is 13.3. The van der Waals surface area contributed by atoms with Gasteiger partial charge in [-0.2, -0.15) is 0 Å². The molecule has 0 fully saturated rings. The molecule has 0 aliphatic heterocycles. The summed E-state index contributed by atoms with van der Waals surface area (Å²) in [6.07, 6.45) is 3.07. The van der Waals surface area contributed by atoms with Crippen molar-refractivity contribution in [2.75, 3.05) is 20.3 Å². The molecule has 4 nitrogen and oxygen atoms in total. The fourth-order valence-electron chi connectivity index (χ4n) is 4.54. The zero-order valence-electron chi connectivity index (χ0n) is 17.1. The predicted octanol–water partition coefficient (Wildman–Crippen LogP) is 5.22. The lowest BCUT2D eigenvalue weighted by molar-refractivity contribution is -0.136. The summed E-state index contributed by atoms with van der Waals surface area (Å²) in [5, 5.41) is 0. The van der Waals surface area contributed by atoms with Crippen LogP contribution in [0.4, 0.5) is 0 Å². The van der Waals surface area contributed by atoms with Gasteiger partial charge in [0, 0.05) is 18.1 Å². The van der Waals surface area contributed by atoms with Crippen LogP contribution in [0, 0.1) is 5.92 Å². The number of hydrogen-bond donors (Lipinski definition) is 0. The maximum absolute atomic E-state index is 12.1. The van der Waals surface area contributed by atoms with Crippen LogP contribution >= 0.6 is 0 Å². The lowest BCUT2D eigenvalue weighted by Gasteiger charge is -2.43. The number of carbonyl (C=O) groups is 1. The molecule has 0 aromatic carbocycles. The van der Waals surface area contributed by atoms with Gasteiger partial charge in [0.05, 0.1) is 13.4 Å². The van der Waals surface area contributed by atoms with E-state index in [1.165, 1.54) is 13.4 Å². The van der Waals surface area contributed by atoms with Crippen molar-refractivity contribution in [1.82, 2.24) is 0 Å². The average Bonchev–Trinajstić information content (AvgIpc) is 2.94. The second-order valence-electron chi connectivity index (χ2n) is 7.84. The van der Waals surface area contributed by atoms with Gasteiger partial charge in [-0.15, -0.1) is 0 Å². The van der Waals surface area contributed by atoms with Crippen molar-refractivity contribution in [3.05, 3.63) is 24.0 Å². The topological polar surface area (TPSA) is 44.8 Å². The monoisotopic (exact) mass is 368 g/mol. The summed E-state index contributed by atoms with van der Waals surface area (Å²) in [5.74, 6) is -0.0255. The van der Waals surface area contributed by atoms with Crippen LogP contribution in [0.5, 0.6) is 0 Å². The molecule has 0 heterocycles. The Morgan fingerprint density at radius 1 is 1.20 bits per heavy atom. The molecule has 1 rings (SSSR count). The fourth-order valence-corrected chi connectivity index (χ4v) is 10.0. The molecular formula is C20H36O4Si. The zero-order valence-corrected chi connectivity index (χ0v) is 18.1. The molecule has 144 valence electrons. The summed E-state index contributed by atoms with van der Waals surface area (Å²) in [7, 11) is -0.483. The number of hydrogen-bond acceptors (Lipinski definition) is 4. The summed E-state index contributed by atoms with van der Waals surface area (Å²) < 4.78 is 17.1. The van der Waals surface area contributed by atoms with Crippen molar-refractivity contribution in [3.8, 4) is 0 Å². The summed E-state index contributed by atoms with van der Waals surface area (Å²) in [4.78, 5) is 12.1. The van der Waals surface area contributed by atoms with E-state index >= 15 is 0 Å². The Labute approximate surface area is 154 Å². The highest BCUT2D eigenvalue weighted by Crippen LogP contribution is 2.43. The molecule has 0 aromatic rings. The number of esters is 1. The van der Waals surface area contributed by atoms with Gasteiger partial charge in [-0.05, 0) is 35.0 Å². The Bertz CT molecular complexity index is 472. The van der Waals surface area contributed by atoms with Gasteiger partial charge in [0.1, 0.15) is 6.61 Å². The van der Waals surface area contributed by atoms with Crippen LogP contribution in [0.25, 0.3) is 0 Å². The van der Waals surface area contributed by atoms with E-state index in [1.807, 2.05) is 0 Å². The van der Waals surface area contributed by atoms with Crippen LogP contribution in [0.15, 0.2) is 24.0 Å². The highest BCUT2D eigenvalue weighted by atomic mass is 28.4. The van der Waals surface area contributed by atoms with Crippen molar-refractivity contribution in [2.24, 2.45) is 5.92 Å². The Morgan fingerprint density at radius 2 is 1.76 bits per heavy atom. The maximum atomic E-state index is 12.1. The van der Waals surface area contributed by atoms with E-state index in [2.05, 4.69) is 48.1 Å². The highest BCUT2D eigenvalue weighted by Gasteiger charge is 2.46. The standard InChI is InChI=1S/C20H36O4Si/c1-9-23-13-19-17(10-11-18(19)20(21)22-8)12-24-25(14(2)3,15(4)5)16(6)7/h9,14-17H,1,10-13H2,2-8H3. The summed E-state index contributed by atoms with van der Waals surface area (Å²) in [5.41, 5.74) is 3.41. The summed E-state index contributed by atoms with van der Waals surface area (Å²) in [6.45, 7) is 18.4. The molecule has 0 radical (unpaired) electrons. The molecule has 1 aliphatic carbocycles. The van der Waals surface area contributed by atoms with Gasteiger partial charge in [-0.25, -0.2) is 4.79 Å². The largest absolute Gasteiger partial charge is 0.497 e. The predicted molar refractivity (Wildman–Crippen MR) is 105 cm³/mol. The third kappa shape index (κ3) is 4.76. The van der Waals surface area contributed by atoms with Crippen LogP contribution in [0.1, 0.15) is 54.4 Å². The van der Waals surface area contributed by atoms with Crippen LogP contribution < -0.4 is 0 Å². The number of rotatable bonds is 10. The minimum absolute atomic E-state index is 0.220. The van der Waals surface area contributed by atoms with E-state index in [0.29, 0.717) is 29.8 Å². The third-order valence-corrected chi connectivity index (χ3v) is 11.7. The Hall–Kier alpha value is -1.07. The summed E-state index contributed by atoms with van der Waals surface area (Å²) >= 11 is 0. The SMILES string of the molecule is C=COCC1=C(C(=O)OC)CCC1CO[Si](C(C)C)(C(C)C)C(C)C. The Morgan fingerprint density at radius 3 is 2.20 bits per heavy atom. The fraction of sp³-hybridized carbons (Fsp3) is 0.750. The van der Waals surface area contributed by atoms with E-state index in [0.717, 1.165) is 24.0 Å². The van der Waals surface area contributed by atoms with Crippen LogP contribution in [0.3, 0.4) is 0 Å². The Kier molecular flexibility index (Phi) is 8.42. The molecule has 1 aliphatic rings. The molecule has 0 spiro atoms. The molecule has 0 saturated carbocycles. The van der Waals surface area contributed by atoms with E-state index in [1.54, 1.807) is 0 Å². The van der Waals surface area contributed by atoms with Crippen LogP contribution in [-0.2, 0) is 18.7 Å². The van der Waals surface area contributed by atoms with Gasteiger partial charge >= 0.3 is 5.97 Å². The van der Waals surface area contributed by atoms with Crippen LogP contribution in [-0.4, -0.2) is 34.6 Å². The van der Waals surface area contributed by atoms with Crippen molar-refractivity contribution in [1.29, 1.82) is 0 Å². The third-order valence-electron chi connectivity index (χ3n) is 5.65. The molecule has 0 amide bonds. The van der Waals surface area contributed by atoms with Gasteiger partial charge < -0.3 is 13.9 Å². The first kappa shape index (κ1) is 22.0. The molecule has 1 atom stereocenters. The normalized spacial score (nSPS) is 18.4. The molecule has 0 N–H and O–H groups in total. The quantitative estimate of drug-likeness (QED) is 0.301. The molecule has 1 unspecified atom stereocenters. The smallest absolute Gasteiger partial charge is 0.333 e. The summed E-state index contributed by atoms with van der Waals surface area (Å²) in [6, 6.07) is 0. The van der Waals surface area contributed by atoms with Crippen molar-refractivity contribution < 1.29 is 18.7 Å². The lowest BCUT2D eigenvalue weighted by atomic mass is 10.0.